The van der Waals surface area contributed by atoms with Gasteiger partial charge in [-0.1, -0.05) is 0 Å². The predicted molar refractivity (Wildman–Crippen MR) is 103 cm³/mol. The SMILES string of the molecule is CC1CCC(=O)N1c1ccc(-n2ccnc2-c2cc3n(n2)CCNC3)cc1. The van der Waals surface area contributed by atoms with Crippen LogP contribution in [-0.4, -0.2) is 37.8 Å². The van der Waals surface area contributed by atoms with Gasteiger partial charge in [-0.05, 0) is 43.7 Å². The third kappa shape index (κ3) is 2.75. The Morgan fingerprint density at radius 1 is 1.19 bits per heavy atom. The first-order chi connectivity index (χ1) is 13.2. The van der Waals surface area contributed by atoms with E-state index in [1.54, 1.807) is 6.20 Å². The van der Waals surface area contributed by atoms with Gasteiger partial charge in [-0.2, -0.15) is 5.10 Å². The number of benzene rings is 1. The second-order valence-corrected chi connectivity index (χ2v) is 7.21. The largest absolute Gasteiger partial charge is 0.310 e. The summed E-state index contributed by atoms with van der Waals surface area (Å²) in [6.45, 7) is 4.76. The van der Waals surface area contributed by atoms with E-state index in [4.69, 9.17) is 5.10 Å². The van der Waals surface area contributed by atoms with E-state index < -0.39 is 0 Å². The Morgan fingerprint density at radius 2 is 2.00 bits per heavy atom. The van der Waals surface area contributed by atoms with Gasteiger partial charge in [-0.15, -0.1) is 0 Å². The topological polar surface area (TPSA) is 68.0 Å². The van der Waals surface area contributed by atoms with Gasteiger partial charge in [-0.25, -0.2) is 4.98 Å². The molecule has 0 aliphatic carbocycles. The number of fused-ring (bicyclic) bond motifs is 1. The molecule has 1 fully saturated rings. The molecule has 7 nitrogen and oxygen atoms in total. The summed E-state index contributed by atoms with van der Waals surface area (Å²) in [5, 5.41) is 8.09. The van der Waals surface area contributed by atoms with E-state index in [0.717, 1.165) is 48.9 Å². The quantitative estimate of drug-likeness (QED) is 0.777. The number of carbonyl (C=O) groups excluding carboxylic acids is 1. The van der Waals surface area contributed by atoms with Crippen LogP contribution < -0.4 is 10.2 Å². The van der Waals surface area contributed by atoms with E-state index in [9.17, 15) is 4.79 Å². The monoisotopic (exact) mass is 362 g/mol. The highest BCUT2D eigenvalue weighted by atomic mass is 16.2. The smallest absolute Gasteiger partial charge is 0.227 e. The maximum Gasteiger partial charge on any atom is 0.227 e. The van der Waals surface area contributed by atoms with Crippen molar-refractivity contribution in [3.8, 4) is 17.2 Å². The number of hydrogen-bond acceptors (Lipinski definition) is 4. The zero-order chi connectivity index (χ0) is 18.4. The summed E-state index contributed by atoms with van der Waals surface area (Å²) in [4.78, 5) is 18.6. The van der Waals surface area contributed by atoms with Crippen LogP contribution in [0, 0.1) is 0 Å². The van der Waals surface area contributed by atoms with Gasteiger partial charge in [0.05, 0.1) is 12.2 Å². The van der Waals surface area contributed by atoms with Crippen LogP contribution >= 0.6 is 0 Å². The molecular formula is C20H22N6O. The predicted octanol–water partition coefficient (Wildman–Crippen LogP) is 2.35. The molecular weight excluding hydrogens is 340 g/mol. The van der Waals surface area contributed by atoms with Crippen molar-refractivity contribution in [1.29, 1.82) is 0 Å². The number of anilines is 1. The molecule has 2 aliphatic heterocycles. The van der Waals surface area contributed by atoms with E-state index in [1.807, 2.05) is 44.6 Å². The highest BCUT2D eigenvalue weighted by Gasteiger charge is 2.28. The number of amides is 1. The Kier molecular flexibility index (Phi) is 3.82. The van der Waals surface area contributed by atoms with Gasteiger partial charge in [0.15, 0.2) is 5.82 Å². The van der Waals surface area contributed by atoms with Gasteiger partial charge in [0.25, 0.3) is 0 Å². The maximum atomic E-state index is 12.1. The van der Waals surface area contributed by atoms with E-state index in [-0.39, 0.29) is 11.9 Å². The van der Waals surface area contributed by atoms with Crippen molar-refractivity contribution in [1.82, 2.24) is 24.6 Å². The van der Waals surface area contributed by atoms with E-state index in [1.165, 1.54) is 5.69 Å². The number of rotatable bonds is 3. The van der Waals surface area contributed by atoms with Crippen LogP contribution in [0.2, 0.25) is 0 Å². The molecule has 1 amide bonds. The highest BCUT2D eigenvalue weighted by Crippen LogP contribution is 2.28. The summed E-state index contributed by atoms with van der Waals surface area (Å²) in [6.07, 6.45) is 5.30. The Bertz CT molecular complexity index is 963. The van der Waals surface area contributed by atoms with Crippen molar-refractivity contribution in [2.24, 2.45) is 0 Å². The highest BCUT2D eigenvalue weighted by molar-refractivity contribution is 5.96. The molecule has 1 N–H and O–H groups in total. The number of imidazole rings is 1. The molecule has 3 aromatic rings. The molecule has 2 aliphatic rings. The molecule has 0 spiro atoms. The molecule has 0 radical (unpaired) electrons. The summed E-state index contributed by atoms with van der Waals surface area (Å²) in [7, 11) is 0. The Labute approximate surface area is 157 Å². The zero-order valence-corrected chi connectivity index (χ0v) is 15.3. The lowest BCUT2D eigenvalue weighted by Gasteiger charge is -2.22. The summed E-state index contributed by atoms with van der Waals surface area (Å²) in [6, 6.07) is 10.5. The van der Waals surface area contributed by atoms with Gasteiger partial charge >= 0.3 is 0 Å². The lowest BCUT2D eigenvalue weighted by Crippen LogP contribution is -2.30. The van der Waals surface area contributed by atoms with Crippen LogP contribution in [0.4, 0.5) is 5.69 Å². The summed E-state index contributed by atoms with van der Waals surface area (Å²) in [5.41, 5.74) is 4.03. The molecule has 4 heterocycles. The van der Waals surface area contributed by atoms with Crippen LogP contribution in [0.1, 0.15) is 25.5 Å². The van der Waals surface area contributed by atoms with Crippen molar-refractivity contribution in [3.63, 3.8) is 0 Å². The average Bonchev–Trinajstić information content (AvgIpc) is 3.40. The summed E-state index contributed by atoms with van der Waals surface area (Å²) >= 11 is 0. The molecule has 7 heteroatoms. The molecule has 138 valence electrons. The summed E-state index contributed by atoms with van der Waals surface area (Å²) in [5.74, 6) is 1.03. The fourth-order valence-corrected chi connectivity index (χ4v) is 4.00. The van der Waals surface area contributed by atoms with Crippen LogP contribution in [0.15, 0.2) is 42.7 Å². The van der Waals surface area contributed by atoms with Gasteiger partial charge in [-0.3, -0.25) is 14.0 Å². The lowest BCUT2D eigenvalue weighted by molar-refractivity contribution is -0.117. The second kappa shape index (κ2) is 6.35. The Balaban J connectivity index is 1.47. The average molecular weight is 362 g/mol. The van der Waals surface area contributed by atoms with Crippen molar-refractivity contribution < 1.29 is 4.79 Å². The molecule has 1 saturated heterocycles. The first-order valence-corrected chi connectivity index (χ1v) is 9.44. The summed E-state index contributed by atoms with van der Waals surface area (Å²) < 4.78 is 4.09. The van der Waals surface area contributed by atoms with Gasteiger partial charge in [0.2, 0.25) is 5.91 Å². The van der Waals surface area contributed by atoms with Crippen LogP contribution in [-0.2, 0) is 17.9 Å². The zero-order valence-electron chi connectivity index (χ0n) is 15.3. The van der Waals surface area contributed by atoms with Gasteiger partial charge in [0, 0.05) is 49.3 Å². The molecule has 1 unspecified atom stereocenters. The second-order valence-electron chi connectivity index (χ2n) is 7.21. The van der Waals surface area contributed by atoms with Crippen molar-refractivity contribution in [2.45, 2.75) is 38.9 Å². The fraction of sp³-hybridized carbons (Fsp3) is 0.350. The minimum absolute atomic E-state index is 0.204. The number of carbonyl (C=O) groups is 1. The Hall–Kier alpha value is -2.93. The third-order valence-corrected chi connectivity index (χ3v) is 5.43. The number of aromatic nitrogens is 4. The third-order valence-electron chi connectivity index (χ3n) is 5.43. The first-order valence-electron chi connectivity index (χ1n) is 9.44. The first kappa shape index (κ1) is 16.3. The number of hydrogen-bond donors (Lipinski definition) is 1. The Morgan fingerprint density at radius 3 is 2.74 bits per heavy atom. The fourth-order valence-electron chi connectivity index (χ4n) is 4.00. The molecule has 1 atom stereocenters. The minimum atomic E-state index is 0.204. The van der Waals surface area contributed by atoms with Gasteiger partial charge < -0.3 is 10.2 Å². The number of nitrogens with zero attached hydrogens (tertiary/aromatic N) is 5. The van der Waals surface area contributed by atoms with Crippen LogP contribution in [0.5, 0.6) is 0 Å². The normalized spacial score (nSPS) is 19.5. The van der Waals surface area contributed by atoms with Crippen molar-refractivity contribution in [3.05, 3.63) is 48.4 Å². The molecule has 2 aromatic heterocycles. The number of nitrogens with one attached hydrogen (secondary N) is 1. The van der Waals surface area contributed by atoms with E-state index >= 15 is 0 Å². The van der Waals surface area contributed by atoms with Crippen molar-refractivity contribution in [2.75, 3.05) is 11.4 Å². The minimum Gasteiger partial charge on any atom is -0.310 e. The molecule has 0 bridgehead atoms. The van der Waals surface area contributed by atoms with Gasteiger partial charge in [0.1, 0.15) is 5.69 Å². The molecule has 0 saturated carbocycles. The molecule has 5 rings (SSSR count). The maximum absolute atomic E-state index is 12.1. The standard InChI is InChI=1S/C20H22N6O/c1-14-2-7-19(27)26(14)16-5-3-15(4-6-16)24-10-9-22-20(24)18-12-17-13-21-8-11-25(17)23-18/h3-6,9-10,12,14,21H,2,7-8,11,13H2,1H3. The van der Waals surface area contributed by atoms with E-state index in [0.29, 0.717) is 6.42 Å². The van der Waals surface area contributed by atoms with Crippen LogP contribution in [0.3, 0.4) is 0 Å². The molecule has 1 aromatic carbocycles. The van der Waals surface area contributed by atoms with Crippen molar-refractivity contribution >= 4 is 11.6 Å². The van der Waals surface area contributed by atoms with E-state index in [2.05, 4.69) is 23.3 Å². The lowest BCUT2D eigenvalue weighted by atomic mass is 10.2. The van der Waals surface area contributed by atoms with Crippen LogP contribution in [0.25, 0.3) is 17.2 Å². The molecule has 27 heavy (non-hydrogen) atoms.